The molecule has 0 N–H and O–H groups in total. The van der Waals surface area contributed by atoms with Gasteiger partial charge in [-0.1, -0.05) is 23.7 Å². The molecule has 1 aliphatic rings. The summed E-state index contributed by atoms with van der Waals surface area (Å²) in [4.78, 5) is 19.3. The van der Waals surface area contributed by atoms with Crippen LogP contribution in [0.3, 0.4) is 0 Å². The Hall–Kier alpha value is -2.59. The van der Waals surface area contributed by atoms with Crippen molar-refractivity contribution in [1.82, 2.24) is 9.88 Å². The van der Waals surface area contributed by atoms with Crippen LogP contribution in [0, 0.1) is 0 Å². The Balaban J connectivity index is 1.66. The number of carbonyl (C=O) groups is 1. The topological polar surface area (TPSA) is 46.3 Å². The first-order chi connectivity index (χ1) is 12.7. The van der Waals surface area contributed by atoms with E-state index in [1.54, 1.807) is 6.20 Å². The van der Waals surface area contributed by atoms with Crippen LogP contribution in [0.15, 0.2) is 59.1 Å². The van der Waals surface area contributed by atoms with Crippen LogP contribution in [-0.4, -0.2) is 28.9 Å². The molecule has 4 rings (SSSR count). The van der Waals surface area contributed by atoms with Gasteiger partial charge >= 0.3 is 0 Å². The molecule has 0 saturated carbocycles. The van der Waals surface area contributed by atoms with E-state index < -0.39 is 0 Å². The van der Waals surface area contributed by atoms with Gasteiger partial charge in [-0.15, -0.1) is 0 Å². The quantitative estimate of drug-likeness (QED) is 0.632. The molecule has 2 aromatic carbocycles. The van der Waals surface area contributed by atoms with Gasteiger partial charge in [-0.3, -0.25) is 4.79 Å². The maximum absolute atomic E-state index is 12.9. The summed E-state index contributed by atoms with van der Waals surface area (Å²) in [5, 5.41) is 0.672. The van der Waals surface area contributed by atoms with E-state index in [2.05, 4.69) is 4.98 Å². The third-order valence-electron chi connectivity index (χ3n) is 4.67. The highest BCUT2D eigenvalue weighted by molar-refractivity contribution is 6.30. The van der Waals surface area contributed by atoms with Crippen molar-refractivity contribution in [3.63, 3.8) is 0 Å². The molecule has 0 radical (unpaired) electrons. The summed E-state index contributed by atoms with van der Waals surface area (Å²) in [6.07, 6.45) is 5.00. The Kier molecular flexibility index (Phi) is 4.76. The van der Waals surface area contributed by atoms with Crippen LogP contribution >= 0.6 is 11.6 Å². The average Bonchev–Trinajstić information content (AvgIpc) is 3.19. The minimum Gasteiger partial charge on any atom is -0.436 e. The normalized spacial score (nSPS) is 14.4. The van der Waals surface area contributed by atoms with Gasteiger partial charge in [0.1, 0.15) is 0 Å². The van der Waals surface area contributed by atoms with E-state index >= 15 is 0 Å². The predicted molar refractivity (Wildman–Crippen MR) is 102 cm³/mol. The fraction of sp³-hybridized carbons (Fsp3) is 0.238. The molecule has 4 nitrogen and oxygen atoms in total. The lowest BCUT2D eigenvalue weighted by atomic mass is 10.0. The molecule has 1 aromatic heterocycles. The number of aromatic nitrogens is 1. The van der Waals surface area contributed by atoms with E-state index in [0.29, 0.717) is 22.2 Å². The minimum absolute atomic E-state index is 0.0477. The van der Waals surface area contributed by atoms with Crippen LogP contribution in [0.1, 0.15) is 29.6 Å². The summed E-state index contributed by atoms with van der Waals surface area (Å²) in [6.45, 7) is 1.63. The highest BCUT2D eigenvalue weighted by atomic mass is 35.5. The lowest BCUT2D eigenvalue weighted by Gasteiger charge is -2.27. The van der Waals surface area contributed by atoms with E-state index in [1.807, 2.05) is 53.4 Å². The van der Waals surface area contributed by atoms with Gasteiger partial charge in [0.25, 0.3) is 5.91 Å². The molecule has 0 unspecified atom stereocenters. The lowest BCUT2D eigenvalue weighted by Crippen LogP contribution is -2.35. The number of hydrogen-bond donors (Lipinski definition) is 0. The Labute approximate surface area is 157 Å². The van der Waals surface area contributed by atoms with E-state index in [1.165, 1.54) is 6.42 Å². The molecule has 1 fully saturated rings. The van der Waals surface area contributed by atoms with Crippen molar-refractivity contribution < 1.29 is 9.21 Å². The highest BCUT2D eigenvalue weighted by Gasteiger charge is 2.22. The van der Waals surface area contributed by atoms with Crippen LogP contribution in [0.25, 0.3) is 22.8 Å². The van der Waals surface area contributed by atoms with Crippen molar-refractivity contribution in [2.45, 2.75) is 19.3 Å². The van der Waals surface area contributed by atoms with Crippen LogP contribution < -0.4 is 0 Å². The fourth-order valence-electron chi connectivity index (χ4n) is 3.27. The summed E-state index contributed by atoms with van der Waals surface area (Å²) in [6, 6.07) is 14.9. The molecule has 132 valence electrons. The summed E-state index contributed by atoms with van der Waals surface area (Å²) < 4.78 is 5.95. The van der Waals surface area contributed by atoms with Crippen LogP contribution in [0.5, 0.6) is 0 Å². The molecule has 0 atom stereocenters. The van der Waals surface area contributed by atoms with Crippen molar-refractivity contribution in [1.29, 1.82) is 0 Å². The minimum atomic E-state index is 0.0477. The second-order valence-corrected chi connectivity index (χ2v) is 6.87. The SMILES string of the molecule is O=C(c1ccccc1-c1ncc(-c2ccc(Cl)cc2)o1)N1CCCCC1. The molecule has 26 heavy (non-hydrogen) atoms. The number of rotatable bonds is 3. The maximum atomic E-state index is 12.9. The van der Waals surface area contributed by atoms with Gasteiger partial charge in [0.2, 0.25) is 5.89 Å². The second kappa shape index (κ2) is 7.34. The molecule has 1 aliphatic heterocycles. The molecule has 0 spiro atoms. The van der Waals surface area contributed by atoms with E-state index in [-0.39, 0.29) is 5.91 Å². The summed E-state index contributed by atoms with van der Waals surface area (Å²) >= 11 is 5.94. The summed E-state index contributed by atoms with van der Waals surface area (Å²) in [5.74, 6) is 1.15. The fourth-order valence-corrected chi connectivity index (χ4v) is 3.40. The average molecular weight is 367 g/mol. The van der Waals surface area contributed by atoms with Gasteiger partial charge in [0.05, 0.1) is 11.8 Å². The van der Waals surface area contributed by atoms with Gasteiger partial charge in [-0.25, -0.2) is 4.98 Å². The zero-order valence-corrected chi connectivity index (χ0v) is 15.1. The Bertz CT molecular complexity index is 912. The van der Waals surface area contributed by atoms with Crippen molar-refractivity contribution in [2.75, 3.05) is 13.1 Å². The lowest BCUT2D eigenvalue weighted by molar-refractivity contribution is 0.0725. The third-order valence-corrected chi connectivity index (χ3v) is 4.92. The third kappa shape index (κ3) is 3.37. The molecular weight excluding hydrogens is 348 g/mol. The summed E-state index contributed by atoms with van der Waals surface area (Å²) in [7, 11) is 0. The molecular formula is C21H19ClN2O2. The maximum Gasteiger partial charge on any atom is 0.254 e. The molecule has 5 heteroatoms. The number of halogens is 1. The first-order valence-corrected chi connectivity index (χ1v) is 9.20. The number of carbonyl (C=O) groups excluding carboxylic acids is 1. The molecule has 0 aliphatic carbocycles. The highest BCUT2D eigenvalue weighted by Crippen LogP contribution is 2.29. The zero-order valence-electron chi connectivity index (χ0n) is 14.3. The Morgan fingerprint density at radius 3 is 2.50 bits per heavy atom. The number of hydrogen-bond acceptors (Lipinski definition) is 3. The number of nitrogens with zero attached hydrogens (tertiary/aromatic N) is 2. The number of amides is 1. The van der Waals surface area contributed by atoms with Crippen LogP contribution in [-0.2, 0) is 0 Å². The molecule has 0 bridgehead atoms. The molecule has 1 amide bonds. The smallest absolute Gasteiger partial charge is 0.254 e. The number of oxazole rings is 1. The Morgan fingerprint density at radius 2 is 1.73 bits per heavy atom. The molecule has 1 saturated heterocycles. The number of piperidine rings is 1. The summed E-state index contributed by atoms with van der Waals surface area (Å²) in [5.41, 5.74) is 2.26. The van der Waals surface area contributed by atoms with Crippen molar-refractivity contribution >= 4 is 17.5 Å². The van der Waals surface area contributed by atoms with Gasteiger partial charge in [0, 0.05) is 29.2 Å². The van der Waals surface area contributed by atoms with Gasteiger partial charge in [-0.2, -0.15) is 0 Å². The number of likely N-dealkylation sites (tertiary alicyclic amines) is 1. The van der Waals surface area contributed by atoms with Crippen LogP contribution in [0.4, 0.5) is 0 Å². The monoisotopic (exact) mass is 366 g/mol. The van der Waals surface area contributed by atoms with Crippen molar-refractivity contribution in [2.24, 2.45) is 0 Å². The zero-order chi connectivity index (χ0) is 17.9. The largest absolute Gasteiger partial charge is 0.436 e. The first kappa shape index (κ1) is 16.9. The number of benzene rings is 2. The van der Waals surface area contributed by atoms with E-state index in [4.69, 9.17) is 16.0 Å². The van der Waals surface area contributed by atoms with E-state index in [9.17, 15) is 4.79 Å². The predicted octanol–water partition coefficient (Wildman–Crippen LogP) is 5.29. The van der Waals surface area contributed by atoms with Gasteiger partial charge in [0.15, 0.2) is 5.76 Å². The van der Waals surface area contributed by atoms with E-state index in [0.717, 1.165) is 37.1 Å². The second-order valence-electron chi connectivity index (χ2n) is 6.44. The standard InChI is InChI=1S/C21H19ClN2O2/c22-16-10-8-15(9-11-16)19-14-23-20(26-19)17-6-2-3-7-18(17)21(25)24-12-4-1-5-13-24/h2-3,6-11,14H,1,4-5,12-13H2. The van der Waals surface area contributed by atoms with Crippen molar-refractivity contribution in [3.8, 4) is 22.8 Å². The van der Waals surface area contributed by atoms with Gasteiger partial charge in [-0.05, 0) is 55.7 Å². The van der Waals surface area contributed by atoms with Crippen LogP contribution in [0.2, 0.25) is 5.02 Å². The van der Waals surface area contributed by atoms with Gasteiger partial charge < -0.3 is 9.32 Å². The first-order valence-electron chi connectivity index (χ1n) is 8.83. The molecule has 2 heterocycles. The Morgan fingerprint density at radius 1 is 1.00 bits per heavy atom. The molecule has 3 aromatic rings. The van der Waals surface area contributed by atoms with Crippen molar-refractivity contribution in [3.05, 3.63) is 65.3 Å².